The fraction of sp³-hybridized carbons (Fsp3) is 0.385. The molecule has 1 aromatic rings. The van der Waals surface area contributed by atoms with Crippen molar-refractivity contribution in [1.29, 1.82) is 0 Å². The molecule has 0 aliphatic carbocycles. The minimum Gasteiger partial charge on any atom is -0.490 e. The summed E-state index contributed by atoms with van der Waals surface area (Å²) in [4.78, 5) is 0. The number of terminal acetylenes is 1. The molecule has 0 heterocycles. The molecule has 0 unspecified atom stereocenters. The summed E-state index contributed by atoms with van der Waals surface area (Å²) in [7, 11) is 0. The van der Waals surface area contributed by atoms with Crippen molar-refractivity contribution in [3.05, 3.63) is 22.2 Å². The summed E-state index contributed by atoms with van der Waals surface area (Å²) in [5, 5.41) is 0. The number of rotatable bonds is 6. The van der Waals surface area contributed by atoms with E-state index in [1.165, 1.54) is 0 Å². The fourth-order valence-electron chi connectivity index (χ4n) is 1.45. The zero-order valence-electron chi connectivity index (χ0n) is 9.83. The summed E-state index contributed by atoms with van der Waals surface area (Å²) < 4.78 is 11.8. The lowest BCUT2D eigenvalue weighted by atomic mass is 10.1. The molecule has 3 nitrogen and oxygen atoms in total. The van der Waals surface area contributed by atoms with Crippen LogP contribution in [0.15, 0.2) is 16.6 Å². The second-order valence-electron chi connectivity index (χ2n) is 3.37. The molecule has 0 aliphatic heterocycles. The Labute approximate surface area is 110 Å². The SMILES string of the molecule is C#CCOc1c(Br)cc(CCN)cc1OCC. The van der Waals surface area contributed by atoms with Crippen LogP contribution in [0.25, 0.3) is 0 Å². The van der Waals surface area contributed by atoms with Crippen molar-refractivity contribution in [3.8, 4) is 23.8 Å². The summed E-state index contributed by atoms with van der Waals surface area (Å²) in [5.41, 5.74) is 6.65. The number of benzene rings is 1. The Bertz CT molecular complexity index is 413. The van der Waals surface area contributed by atoms with Gasteiger partial charge < -0.3 is 15.2 Å². The molecule has 1 aromatic carbocycles. The first-order valence-corrected chi connectivity index (χ1v) is 6.23. The molecule has 0 atom stereocenters. The Morgan fingerprint density at radius 1 is 1.41 bits per heavy atom. The minimum atomic E-state index is 0.217. The van der Waals surface area contributed by atoms with Crippen molar-refractivity contribution in [1.82, 2.24) is 0 Å². The normalized spacial score (nSPS) is 9.76. The zero-order chi connectivity index (χ0) is 12.7. The molecule has 4 heteroatoms. The van der Waals surface area contributed by atoms with Gasteiger partial charge in [-0.3, -0.25) is 0 Å². The maximum absolute atomic E-state index is 5.54. The minimum absolute atomic E-state index is 0.217. The fourth-order valence-corrected chi connectivity index (χ4v) is 2.05. The molecule has 0 aromatic heterocycles. The topological polar surface area (TPSA) is 44.5 Å². The van der Waals surface area contributed by atoms with Crippen LogP contribution in [0.4, 0.5) is 0 Å². The van der Waals surface area contributed by atoms with Gasteiger partial charge in [0.15, 0.2) is 11.5 Å². The highest BCUT2D eigenvalue weighted by atomic mass is 79.9. The van der Waals surface area contributed by atoms with Crippen LogP contribution in [0.3, 0.4) is 0 Å². The molecule has 92 valence electrons. The zero-order valence-corrected chi connectivity index (χ0v) is 11.4. The van der Waals surface area contributed by atoms with Gasteiger partial charge in [0.25, 0.3) is 0 Å². The van der Waals surface area contributed by atoms with E-state index < -0.39 is 0 Å². The third kappa shape index (κ3) is 3.95. The van der Waals surface area contributed by atoms with Crippen molar-refractivity contribution in [3.63, 3.8) is 0 Å². The summed E-state index contributed by atoms with van der Waals surface area (Å²) in [6, 6.07) is 3.91. The van der Waals surface area contributed by atoms with E-state index >= 15 is 0 Å². The first-order valence-electron chi connectivity index (χ1n) is 5.44. The predicted octanol–water partition coefficient (Wildman–Crippen LogP) is 2.36. The maximum Gasteiger partial charge on any atom is 0.176 e. The lowest BCUT2D eigenvalue weighted by Crippen LogP contribution is -2.05. The van der Waals surface area contributed by atoms with Crippen LogP contribution in [0.5, 0.6) is 11.5 Å². The van der Waals surface area contributed by atoms with E-state index in [-0.39, 0.29) is 6.61 Å². The van der Waals surface area contributed by atoms with Crippen LogP contribution in [-0.4, -0.2) is 19.8 Å². The van der Waals surface area contributed by atoms with Crippen molar-refractivity contribution >= 4 is 15.9 Å². The van der Waals surface area contributed by atoms with Gasteiger partial charge in [-0.25, -0.2) is 0 Å². The lowest BCUT2D eigenvalue weighted by molar-refractivity contribution is 0.297. The number of halogens is 1. The molecule has 0 amide bonds. The standard InChI is InChI=1S/C13H16BrNO2/c1-3-7-17-13-11(14)8-10(5-6-15)9-12(13)16-4-2/h1,8-9H,4-7,15H2,2H3. The highest BCUT2D eigenvalue weighted by molar-refractivity contribution is 9.10. The van der Waals surface area contributed by atoms with Crippen molar-refractivity contribution in [2.45, 2.75) is 13.3 Å². The third-order valence-electron chi connectivity index (χ3n) is 2.10. The molecule has 0 saturated carbocycles. The number of ether oxygens (including phenoxy) is 2. The predicted molar refractivity (Wildman–Crippen MR) is 72.4 cm³/mol. The van der Waals surface area contributed by atoms with Crippen molar-refractivity contribution < 1.29 is 9.47 Å². The van der Waals surface area contributed by atoms with Crippen LogP contribution >= 0.6 is 15.9 Å². The summed E-state index contributed by atoms with van der Waals surface area (Å²) in [5.74, 6) is 3.77. The van der Waals surface area contributed by atoms with Gasteiger partial charge in [0.2, 0.25) is 0 Å². The van der Waals surface area contributed by atoms with Gasteiger partial charge >= 0.3 is 0 Å². The van der Waals surface area contributed by atoms with Crippen molar-refractivity contribution in [2.75, 3.05) is 19.8 Å². The van der Waals surface area contributed by atoms with E-state index in [0.717, 1.165) is 16.5 Å². The second-order valence-corrected chi connectivity index (χ2v) is 4.22. The number of nitrogens with two attached hydrogens (primary N) is 1. The highest BCUT2D eigenvalue weighted by Crippen LogP contribution is 2.36. The average Bonchev–Trinajstić information content (AvgIpc) is 2.29. The quantitative estimate of drug-likeness (QED) is 0.820. The molecule has 0 bridgehead atoms. The molecule has 17 heavy (non-hydrogen) atoms. The van der Waals surface area contributed by atoms with Gasteiger partial charge in [-0.2, -0.15) is 0 Å². The molecule has 2 N–H and O–H groups in total. The van der Waals surface area contributed by atoms with Crippen LogP contribution in [0.1, 0.15) is 12.5 Å². The molecule has 1 rings (SSSR count). The van der Waals surface area contributed by atoms with Gasteiger partial charge in [0.1, 0.15) is 6.61 Å². The highest BCUT2D eigenvalue weighted by Gasteiger charge is 2.11. The summed E-state index contributed by atoms with van der Waals surface area (Å²) >= 11 is 3.45. The van der Waals surface area contributed by atoms with Gasteiger partial charge in [0, 0.05) is 0 Å². The monoisotopic (exact) mass is 297 g/mol. The number of hydrogen-bond acceptors (Lipinski definition) is 3. The van der Waals surface area contributed by atoms with Gasteiger partial charge in [0.05, 0.1) is 11.1 Å². The Balaban J connectivity index is 3.04. The van der Waals surface area contributed by atoms with Crippen molar-refractivity contribution in [2.24, 2.45) is 5.73 Å². The molecule has 0 spiro atoms. The molecule has 0 radical (unpaired) electrons. The van der Waals surface area contributed by atoms with Crippen LogP contribution in [0, 0.1) is 12.3 Å². The molecular formula is C13H16BrNO2. The second kappa shape index (κ2) is 7.21. The van der Waals surface area contributed by atoms with E-state index in [4.69, 9.17) is 21.6 Å². The smallest absolute Gasteiger partial charge is 0.176 e. The van der Waals surface area contributed by atoms with Gasteiger partial charge in [-0.05, 0) is 53.5 Å². The van der Waals surface area contributed by atoms with E-state index in [1.807, 2.05) is 19.1 Å². The largest absolute Gasteiger partial charge is 0.490 e. The lowest BCUT2D eigenvalue weighted by Gasteiger charge is -2.14. The molecule has 0 saturated heterocycles. The van der Waals surface area contributed by atoms with Crippen LogP contribution in [-0.2, 0) is 6.42 Å². The molecular weight excluding hydrogens is 282 g/mol. The van der Waals surface area contributed by atoms with E-state index in [1.54, 1.807) is 0 Å². The molecule has 0 aliphatic rings. The van der Waals surface area contributed by atoms with E-state index in [0.29, 0.717) is 24.7 Å². The Morgan fingerprint density at radius 3 is 2.76 bits per heavy atom. The first-order chi connectivity index (χ1) is 8.22. The van der Waals surface area contributed by atoms with E-state index in [2.05, 4.69) is 21.9 Å². The Morgan fingerprint density at radius 2 is 2.18 bits per heavy atom. The number of hydrogen-bond donors (Lipinski definition) is 1. The van der Waals surface area contributed by atoms with Crippen LogP contribution in [0.2, 0.25) is 0 Å². The first kappa shape index (κ1) is 13.9. The average molecular weight is 298 g/mol. The van der Waals surface area contributed by atoms with E-state index in [9.17, 15) is 0 Å². The van der Waals surface area contributed by atoms with Gasteiger partial charge in [-0.15, -0.1) is 6.42 Å². The molecule has 0 fully saturated rings. The third-order valence-corrected chi connectivity index (χ3v) is 2.69. The summed E-state index contributed by atoms with van der Waals surface area (Å²) in [6.07, 6.45) is 5.98. The Hall–Kier alpha value is -1.18. The van der Waals surface area contributed by atoms with Gasteiger partial charge in [-0.1, -0.05) is 5.92 Å². The van der Waals surface area contributed by atoms with Crippen LogP contribution < -0.4 is 15.2 Å². The summed E-state index contributed by atoms with van der Waals surface area (Å²) in [6.45, 7) is 3.32. The Kier molecular flexibility index (Phi) is 5.88. The maximum atomic E-state index is 5.54.